The number of hydrogen-bond acceptors (Lipinski definition) is 1. The van der Waals surface area contributed by atoms with Crippen LogP contribution in [0.2, 0.25) is 0 Å². The third-order valence-electron chi connectivity index (χ3n) is 3.04. The molecule has 2 unspecified atom stereocenters. The highest BCUT2D eigenvalue weighted by molar-refractivity contribution is 6.21. The molecule has 1 aliphatic carbocycles. The van der Waals surface area contributed by atoms with Crippen molar-refractivity contribution in [3.8, 4) is 0 Å². The van der Waals surface area contributed by atoms with Crippen molar-refractivity contribution in [3.05, 3.63) is 29.6 Å². The molecule has 76 valence electrons. The summed E-state index contributed by atoms with van der Waals surface area (Å²) in [7, 11) is 0. The molecule has 1 fully saturated rings. The lowest BCUT2D eigenvalue weighted by atomic mass is 9.84. The Hall–Kier alpha value is -0.560. The van der Waals surface area contributed by atoms with Crippen LogP contribution in [-0.2, 0) is 0 Å². The van der Waals surface area contributed by atoms with Crippen LogP contribution >= 0.6 is 11.6 Å². The summed E-state index contributed by atoms with van der Waals surface area (Å²) in [4.78, 5) is 4.33. The number of aryl methyl sites for hydroxylation is 1. The van der Waals surface area contributed by atoms with Gasteiger partial charge in [0.25, 0.3) is 0 Å². The number of nitrogens with zero attached hydrogens (tertiary/aromatic N) is 1. The predicted octanol–water partition coefficient (Wildman–Crippen LogP) is 3.66. The van der Waals surface area contributed by atoms with Crippen molar-refractivity contribution in [3.63, 3.8) is 0 Å². The zero-order chi connectivity index (χ0) is 9.97. The van der Waals surface area contributed by atoms with Gasteiger partial charge in [-0.3, -0.25) is 4.98 Å². The molecular weight excluding hydrogens is 194 g/mol. The Morgan fingerprint density at radius 2 is 2.07 bits per heavy atom. The minimum Gasteiger partial charge on any atom is -0.261 e. The summed E-state index contributed by atoms with van der Waals surface area (Å²) >= 11 is 6.33. The van der Waals surface area contributed by atoms with Gasteiger partial charge in [-0.1, -0.05) is 18.9 Å². The molecule has 2 heteroatoms. The average molecular weight is 210 g/mol. The first-order valence-corrected chi connectivity index (χ1v) is 5.77. The van der Waals surface area contributed by atoms with E-state index < -0.39 is 0 Å². The van der Waals surface area contributed by atoms with Gasteiger partial charge in [0.2, 0.25) is 0 Å². The number of pyridine rings is 1. The van der Waals surface area contributed by atoms with E-state index in [-0.39, 0.29) is 0 Å². The fourth-order valence-corrected chi connectivity index (χ4v) is 2.59. The Kier molecular flexibility index (Phi) is 3.07. The number of aromatic nitrogens is 1. The smallest absolute Gasteiger partial charge is 0.0405 e. The second kappa shape index (κ2) is 4.31. The van der Waals surface area contributed by atoms with E-state index in [1.807, 2.05) is 13.1 Å². The van der Waals surface area contributed by atoms with Crippen molar-refractivity contribution < 1.29 is 0 Å². The molecule has 1 saturated carbocycles. The molecular formula is C12H16ClN. The van der Waals surface area contributed by atoms with Crippen molar-refractivity contribution in [1.82, 2.24) is 4.98 Å². The number of alkyl halides is 1. The predicted molar refractivity (Wildman–Crippen MR) is 59.8 cm³/mol. The molecule has 1 aromatic rings. The summed E-state index contributed by atoms with van der Waals surface area (Å²) in [5.74, 6) is 0.526. The second-order valence-electron chi connectivity index (χ2n) is 4.14. The van der Waals surface area contributed by atoms with Crippen LogP contribution in [0, 0.1) is 6.92 Å². The van der Waals surface area contributed by atoms with E-state index in [2.05, 4.69) is 17.1 Å². The van der Waals surface area contributed by atoms with E-state index in [1.54, 1.807) is 0 Å². The van der Waals surface area contributed by atoms with E-state index in [1.165, 1.54) is 24.8 Å². The Labute approximate surface area is 90.5 Å². The first kappa shape index (κ1) is 9.97. The lowest BCUT2D eigenvalue weighted by Gasteiger charge is -2.27. The fraction of sp³-hybridized carbons (Fsp3) is 0.583. The maximum Gasteiger partial charge on any atom is 0.0405 e. The van der Waals surface area contributed by atoms with Gasteiger partial charge in [0.05, 0.1) is 0 Å². The molecule has 1 heterocycles. The molecule has 14 heavy (non-hydrogen) atoms. The van der Waals surface area contributed by atoms with E-state index in [4.69, 9.17) is 11.6 Å². The lowest BCUT2D eigenvalue weighted by molar-refractivity contribution is 0.450. The van der Waals surface area contributed by atoms with Crippen molar-refractivity contribution in [1.29, 1.82) is 0 Å². The average Bonchev–Trinajstić information content (AvgIpc) is 2.20. The third kappa shape index (κ3) is 2.09. The minimum absolute atomic E-state index is 0.313. The Morgan fingerprint density at radius 1 is 1.29 bits per heavy atom. The molecule has 1 nitrogen and oxygen atoms in total. The van der Waals surface area contributed by atoms with E-state index >= 15 is 0 Å². The highest BCUT2D eigenvalue weighted by atomic mass is 35.5. The highest BCUT2D eigenvalue weighted by Crippen LogP contribution is 2.35. The zero-order valence-corrected chi connectivity index (χ0v) is 9.30. The van der Waals surface area contributed by atoms with Crippen molar-refractivity contribution in [2.75, 3.05) is 0 Å². The molecule has 0 spiro atoms. The van der Waals surface area contributed by atoms with Crippen molar-refractivity contribution in [2.45, 2.75) is 43.9 Å². The first-order chi connectivity index (χ1) is 6.77. The maximum atomic E-state index is 6.33. The molecule has 0 amide bonds. The summed E-state index contributed by atoms with van der Waals surface area (Å²) in [5.41, 5.74) is 2.39. The fourth-order valence-electron chi connectivity index (χ4n) is 2.16. The maximum absolute atomic E-state index is 6.33. The topological polar surface area (TPSA) is 12.9 Å². The second-order valence-corrected chi connectivity index (χ2v) is 4.70. The molecule has 2 atom stereocenters. The van der Waals surface area contributed by atoms with Crippen LogP contribution in [0.5, 0.6) is 0 Å². The summed E-state index contributed by atoms with van der Waals surface area (Å²) in [6, 6.07) is 4.25. The van der Waals surface area contributed by atoms with Gasteiger partial charge in [-0.25, -0.2) is 0 Å². The van der Waals surface area contributed by atoms with Gasteiger partial charge in [0.1, 0.15) is 0 Å². The van der Waals surface area contributed by atoms with E-state index in [0.29, 0.717) is 11.3 Å². The lowest BCUT2D eigenvalue weighted by Crippen LogP contribution is -2.17. The normalized spacial score (nSPS) is 27.6. The number of hydrogen-bond donors (Lipinski definition) is 0. The summed E-state index contributed by atoms with van der Waals surface area (Å²) in [6.45, 7) is 2.02. The molecule has 0 bridgehead atoms. The van der Waals surface area contributed by atoms with Gasteiger partial charge in [-0.15, -0.1) is 11.6 Å². The molecule has 0 saturated heterocycles. The molecule has 2 rings (SSSR count). The molecule has 1 aromatic heterocycles. The van der Waals surface area contributed by atoms with Crippen LogP contribution in [0.25, 0.3) is 0 Å². The summed E-state index contributed by atoms with van der Waals surface area (Å²) in [5, 5.41) is 0.313. The van der Waals surface area contributed by atoms with Crippen LogP contribution in [0.3, 0.4) is 0 Å². The van der Waals surface area contributed by atoms with Gasteiger partial charge in [-0.05, 0) is 31.4 Å². The molecule has 0 aromatic carbocycles. The third-order valence-corrected chi connectivity index (χ3v) is 3.57. The molecule has 0 radical (unpaired) electrons. The van der Waals surface area contributed by atoms with Gasteiger partial charge in [0.15, 0.2) is 0 Å². The summed E-state index contributed by atoms with van der Waals surface area (Å²) < 4.78 is 0. The Balaban J connectivity index is 2.16. The molecule has 1 aliphatic rings. The summed E-state index contributed by atoms with van der Waals surface area (Å²) in [6.07, 6.45) is 6.95. The van der Waals surface area contributed by atoms with E-state index in [0.717, 1.165) is 12.1 Å². The Morgan fingerprint density at radius 3 is 2.71 bits per heavy atom. The minimum atomic E-state index is 0.313. The Bertz CT molecular complexity index is 294. The highest BCUT2D eigenvalue weighted by Gasteiger charge is 2.24. The van der Waals surface area contributed by atoms with Crippen molar-refractivity contribution >= 4 is 11.6 Å². The number of halogens is 1. The largest absolute Gasteiger partial charge is 0.261 e. The van der Waals surface area contributed by atoms with Gasteiger partial charge in [-0.2, -0.15) is 0 Å². The van der Waals surface area contributed by atoms with Gasteiger partial charge in [0, 0.05) is 23.2 Å². The van der Waals surface area contributed by atoms with Crippen LogP contribution in [-0.4, -0.2) is 10.4 Å². The van der Waals surface area contributed by atoms with Crippen molar-refractivity contribution in [2.24, 2.45) is 0 Å². The van der Waals surface area contributed by atoms with Crippen LogP contribution in [0.4, 0.5) is 0 Å². The van der Waals surface area contributed by atoms with Crippen LogP contribution in [0.1, 0.15) is 42.9 Å². The zero-order valence-electron chi connectivity index (χ0n) is 8.54. The van der Waals surface area contributed by atoms with Gasteiger partial charge < -0.3 is 0 Å². The monoisotopic (exact) mass is 209 g/mol. The van der Waals surface area contributed by atoms with E-state index in [9.17, 15) is 0 Å². The molecule has 0 N–H and O–H groups in total. The quantitative estimate of drug-likeness (QED) is 0.644. The van der Waals surface area contributed by atoms with Gasteiger partial charge >= 0.3 is 0 Å². The number of rotatable bonds is 1. The molecule has 0 aliphatic heterocycles. The standard InChI is InChI=1S/C12H16ClN/c1-9-6-7-10(8-14-9)11-4-2-3-5-12(11)13/h6-8,11-12H,2-5H2,1H3. The van der Waals surface area contributed by atoms with Crippen LogP contribution in [0.15, 0.2) is 18.3 Å². The van der Waals surface area contributed by atoms with Crippen LogP contribution < -0.4 is 0 Å². The SMILES string of the molecule is Cc1ccc(C2CCCCC2Cl)cn1. The first-order valence-electron chi connectivity index (χ1n) is 5.34.